The number of hydrogen-bond acceptors (Lipinski definition) is 1. The topological polar surface area (TPSA) is 9.86 Å². The second-order valence-corrected chi connectivity index (χ2v) is 23.2. The molecule has 0 aliphatic carbocycles. The lowest BCUT2D eigenvalue weighted by Gasteiger charge is -2.35. The molecule has 0 saturated carbocycles. The predicted molar refractivity (Wildman–Crippen MR) is 302 cm³/mol. The number of thiophene rings is 1. The molecule has 2 nitrogen and oxygen atoms in total. The average molecular weight is 925 g/mol. The third kappa shape index (κ3) is 6.17. The van der Waals surface area contributed by atoms with Gasteiger partial charge in [-0.2, -0.15) is 0 Å². The fourth-order valence-electron chi connectivity index (χ4n) is 11.6. The van der Waals surface area contributed by atoms with E-state index in [1.807, 2.05) is 11.3 Å². The summed E-state index contributed by atoms with van der Waals surface area (Å²) in [5.41, 5.74) is 12.0. The Morgan fingerprint density at radius 2 is 0.829 bits per heavy atom. The Hall–Kier alpha value is -8.54. The number of benzene rings is 11. The van der Waals surface area contributed by atoms with Crippen molar-refractivity contribution in [1.29, 1.82) is 0 Å². The normalized spacial score (nSPS) is 12.0. The molecule has 0 saturated heterocycles. The van der Waals surface area contributed by atoms with Crippen LogP contribution in [0.5, 0.6) is 0 Å². The van der Waals surface area contributed by atoms with Crippen LogP contribution in [0.1, 0.15) is 0 Å². The molecular weight excluding hydrogens is 881 g/mol. The molecule has 0 aliphatic rings. The molecule has 0 unspecified atom stereocenters. The van der Waals surface area contributed by atoms with E-state index in [0.717, 1.165) is 5.69 Å². The van der Waals surface area contributed by atoms with Crippen LogP contribution >= 0.6 is 11.3 Å². The fourth-order valence-corrected chi connectivity index (χ4v) is 17.7. The third-order valence-corrected chi connectivity index (χ3v) is 20.6. The molecule has 11 aromatic carbocycles. The highest BCUT2D eigenvalue weighted by molar-refractivity contribution is 7.26. The molecule has 0 spiro atoms. The van der Waals surface area contributed by atoms with Gasteiger partial charge in [-0.05, 0) is 86.0 Å². The molecule has 328 valence electrons. The SMILES string of the molecule is c1ccc(-c2cccc([Si](c3ccccc3)(c3ccccc3)c3cccc(-n4c5ccccc5c5cc(-c6cccc7c8ccccc8n(-c8cccc9c8sc8ccccc89)c67)ccc54)c3)c2)cc1. The summed E-state index contributed by atoms with van der Waals surface area (Å²) in [6.07, 6.45) is 0. The van der Waals surface area contributed by atoms with E-state index >= 15 is 0 Å². The van der Waals surface area contributed by atoms with Crippen LogP contribution in [0.4, 0.5) is 0 Å². The maximum absolute atomic E-state index is 2.91. The van der Waals surface area contributed by atoms with Gasteiger partial charge in [-0.25, -0.2) is 0 Å². The molecule has 0 amide bonds. The van der Waals surface area contributed by atoms with E-state index in [1.54, 1.807) is 0 Å². The molecule has 0 bridgehead atoms. The Morgan fingerprint density at radius 3 is 1.59 bits per heavy atom. The van der Waals surface area contributed by atoms with Crippen LogP contribution in [0.2, 0.25) is 0 Å². The van der Waals surface area contributed by atoms with Gasteiger partial charge < -0.3 is 9.13 Å². The minimum Gasteiger partial charge on any atom is -0.309 e. The predicted octanol–water partition coefficient (Wildman–Crippen LogP) is 15.0. The summed E-state index contributed by atoms with van der Waals surface area (Å²) in [6.45, 7) is 0. The maximum Gasteiger partial charge on any atom is 0.179 e. The number of fused-ring (bicyclic) bond motifs is 9. The quantitative estimate of drug-likeness (QED) is 0.106. The van der Waals surface area contributed by atoms with E-state index in [4.69, 9.17) is 0 Å². The first-order chi connectivity index (χ1) is 34.7. The zero-order valence-electron chi connectivity index (χ0n) is 38.2. The van der Waals surface area contributed by atoms with Gasteiger partial charge in [0.1, 0.15) is 0 Å². The molecule has 3 aromatic heterocycles. The smallest absolute Gasteiger partial charge is 0.179 e. The van der Waals surface area contributed by atoms with Crippen molar-refractivity contribution in [3.63, 3.8) is 0 Å². The third-order valence-electron chi connectivity index (χ3n) is 14.7. The highest BCUT2D eigenvalue weighted by Gasteiger charge is 2.42. The first kappa shape index (κ1) is 40.5. The van der Waals surface area contributed by atoms with Crippen molar-refractivity contribution in [3.05, 3.63) is 267 Å². The number of hydrogen-bond donors (Lipinski definition) is 0. The van der Waals surface area contributed by atoms with Crippen molar-refractivity contribution in [2.24, 2.45) is 0 Å². The Labute approximate surface area is 411 Å². The lowest BCUT2D eigenvalue weighted by molar-refractivity contribution is 1.18. The summed E-state index contributed by atoms with van der Waals surface area (Å²) in [5.74, 6) is 0. The second kappa shape index (κ2) is 16.3. The van der Waals surface area contributed by atoms with Gasteiger partial charge >= 0.3 is 0 Å². The van der Waals surface area contributed by atoms with Gasteiger partial charge in [0, 0.05) is 48.3 Å². The van der Waals surface area contributed by atoms with Gasteiger partial charge in [0.05, 0.1) is 32.5 Å². The minimum atomic E-state index is -2.91. The first-order valence-electron chi connectivity index (χ1n) is 24.1. The highest BCUT2D eigenvalue weighted by atomic mass is 32.1. The van der Waals surface area contributed by atoms with Gasteiger partial charge in [0.25, 0.3) is 0 Å². The maximum atomic E-state index is 2.53. The van der Waals surface area contributed by atoms with Crippen molar-refractivity contribution in [2.75, 3.05) is 0 Å². The molecule has 0 radical (unpaired) electrons. The number of para-hydroxylation sites is 3. The van der Waals surface area contributed by atoms with E-state index in [9.17, 15) is 0 Å². The van der Waals surface area contributed by atoms with Crippen LogP contribution in [-0.4, -0.2) is 17.2 Å². The molecular formula is C66H44N2SSi. The van der Waals surface area contributed by atoms with Gasteiger partial charge in [-0.15, -0.1) is 11.3 Å². The number of nitrogens with zero attached hydrogens (tertiary/aromatic N) is 2. The molecule has 14 rings (SSSR count). The Bertz CT molecular complexity index is 4260. The van der Waals surface area contributed by atoms with Crippen molar-refractivity contribution in [2.45, 2.75) is 0 Å². The second-order valence-electron chi connectivity index (χ2n) is 18.4. The zero-order valence-corrected chi connectivity index (χ0v) is 40.0. The summed E-state index contributed by atoms with van der Waals surface area (Å²) in [5, 5.41) is 13.0. The molecule has 0 atom stereocenters. The number of aromatic nitrogens is 2. The summed E-state index contributed by atoms with van der Waals surface area (Å²) in [6, 6.07) is 99.6. The Kier molecular flexibility index (Phi) is 9.44. The van der Waals surface area contributed by atoms with Crippen molar-refractivity contribution in [3.8, 4) is 33.6 Å². The summed E-state index contributed by atoms with van der Waals surface area (Å²) in [4.78, 5) is 0. The zero-order chi connectivity index (χ0) is 46.2. The van der Waals surface area contributed by atoms with Crippen molar-refractivity contribution >= 4 is 104 Å². The Balaban J connectivity index is 0.988. The van der Waals surface area contributed by atoms with Gasteiger partial charge in [0.15, 0.2) is 8.07 Å². The van der Waals surface area contributed by atoms with E-state index in [-0.39, 0.29) is 0 Å². The average Bonchev–Trinajstić information content (AvgIpc) is 4.10. The van der Waals surface area contributed by atoms with E-state index in [2.05, 4.69) is 276 Å². The summed E-state index contributed by atoms with van der Waals surface area (Å²) < 4.78 is 7.64. The van der Waals surface area contributed by atoms with Crippen LogP contribution < -0.4 is 20.7 Å². The van der Waals surface area contributed by atoms with Gasteiger partial charge in [0.2, 0.25) is 0 Å². The van der Waals surface area contributed by atoms with Crippen molar-refractivity contribution < 1.29 is 0 Å². The lowest BCUT2D eigenvalue weighted by atomic mass is 10.00. The van der Waals surface area contributed by atoms with Gasteiger partial charge in [-0.3, -0.25) is 0 Å². The summed E-state index contributed by atoms with van der Waals surface area (Å²) in [7, 11) is -2.91. The van der Waals surface area contributed by atoms with Crippen LogP contribution in [0.25, 0.3) is 97.4 Å². The van der Waals surface area contributed by atoms with Crippen LogP contribution in [-0.2, 0) is 0 Å². The van der Waals surface area contributed by atoms with Crippen LogP contribution in [0, 0.1) is 0 Å². The molecule has 4 heteroatoms. The molecule has 3 heterocycles. The molecule has 0 aliphatic heterocycles. The Morgan fingerprint density at radius 1 is 0.300 bits per heavy atom. The highest BCUT2D eigenvalue weighted by Crippen LogP contribution is 2.44. The minimum absolute atomic E-state index is 1.15. The monoisotopic (exact) mass is 924 g/mol. The lowest BCUT2D eigenvalue weighted by Crippen LogP contribution is -2.74. The standard InChI is InChI=1S/C66H44N2SSi/c1-4-20-45(21-5-1)46-22-16-28-51(42-46)70(49-24-6-2-7-25-49,50-26-8-3-9-27-50)52-29-17-23-48(44-52)67-60-36-13-11-31-55(60)59-43-47(40-41-62(59)67)53-33-18-34-57-54-30-10-14-37-61(54)68(65(53)57)63-38-19-35-58-56-32-12-15-39-64(56)69-66(58)63/h1-44H. The largest absolute Gasteiger partial charge is 0.309 e. The molecule has 0 N–H and O–H groups in total. The fraction of sp³-hybridized carbons (Fsp3) is 0. The van der Waals surface area contributed by atoms with E-state index in [0.29, 0.717) is 0 Å². The number of rotatable bonds is 8. The first-order valence-corrected chi connectivity index (χ1v) is 26.9. The summed E-state index contributed by atoms with van der Waals surface area (Å²) >= 11 is 1.89. The van der Waals surface area contributed by atoms with Crippen LogP contribution in [0.15, 0.2) is 267 Å². The van der Waals surface area contributed by atoms with Gasteiger partial charge in [-0.1, -0.05) is 218 Å². The van der Waals surface area contributed by atoms with Crippen molar-refractivity contribution in [1.82, 2.24) is 9.13 Å². The van der Waals surface area contributed by atoms with Crippen LogP contribution in [0.3, 0.4) is 0 Å². The molecule has 14 aromatic rings. The molecule has 70 heavy (non-hydrogen) atoms. The van der Waals surface area contributed by atoms with E-state index < -0.39 is 8.07 Å². The van der Waals surface area contributed by atoms with E-state index in [1.165, 1.54) is 112 Å². The molecule has 0 fully saturated rings.